The average molecular weight is 369 g/mol. The van der Waals surface area contributed by atoms with Crippen molar-refractivity contribution in [1.29, 1.82) is 0 Å². The van der Waals surface area contributed by atoms with Gasteiger partial charge in [0.25, 0.3) is 0 Å². The summed E-state index contributed by atoms with van der Waals surface area (Å²) in [5.74, 6) is -0.948. The molecule has 1 aromatic rings. The first-order valence-corrected chi connectivity index (χ1v) is 7.14. The number of methoxy groups -OCH3 is 1. The Morgan fingerprint density at radius 1 is 1.45 bits per heavy atom. The topological polar surface area (TPSA) is 68.2 Å². The Kier molecular flexibility index (Phi) is 6.78. The van der Waals surface area contributed by atoms with Gasteiger partial charge in [0.2, 0.25) is 0 Å². The fourth-order valence-electron chi connectivity index (χ4n) is 1.58. The van der Waals surface area contributed by atoms with E-state index >= 15 is 0 Å². The summed E-state index contributed by atoms with van der Waals surface area (Å²) in [6, 6.07) is 4.94. The van der Waals surface area contributed by atoms with Gasteiger partial charge in [-0.1, -0.05) is 12.7 Å². The van der Waals surface area contributed by atoms with Crippen LogP contribution in [0.5, 0.6) is 0 Å². The number of nitrogens with zero attached hydrogens (tertiary/aromatic N) is 2. The summed E-state index contributed by atoms with van der Waals surface area (Å²) in [5, 5.41) is 5.63. The van der Waals surface area contributed by atoms with Gasteiger partial charge < -0.3 is 9.47 Å². The first-order valence-electron chi connectivity index (χ1n) is 6.35. The minimum Gasteiger partial charge on any atom is -0.464 e. The molecule has 0 radical (unpaired) electrons. The van der Waals surface area contributed by atoms with Gasteiger partial charge in [0, 0.05) is 11.5 Å². The van der Waals surface area contributed by atoms with Crippen molar-refractivity contribution in [3.8, 4) is 0 Å². The molecule has 118 valence electrons. The van der Waals surface area contributed by atoms with E-state index in [2.05, 4.69) is 32.3 Å². The minimum absolute atomic E-state index is 0.153. The number of carbonyl (C=O) groups is 2. The van der Waals surface area contributed by atoms with E-state index in [0.717, 1.165) is 0 Å². The van der Waals surface area contributed by atoms with Gasteiger partial charge in [-0.15, -0.1) is 0 Å². The van der Waals surface area contributed by atoms with Gasteiger partial charge in [0.1, 0.15) is 12.3 Å². The predicted octanol–water partition coefficient (Wildman–Crippen LogP) is 2.78. The molecule has 0 saturated heterocycles. The monoisotopic (exact) mass is 368 g/mol. The van der Waals surface area contributed by atoms with Crippen LogP contribution in [0.1, 0.15) is 17.3 Å². The molecule has 0 aliphatic rings. The van der Waals surface area contributed by atoms with Crippen molar-refractivity contribution in [2.75, 3.05) is 25.8 Å². The number of esters is 2. The number of hydrazone groups is 1. The first kappa shape index (κ1) is 17.9. The normalized spacial score (nSPS) is 10.8. The van der Waals surface area contributed by atoms with Crippen molar-refractivity contribution in [2.24, 2.45) is 5.10 Å². The van der Waals surface area contributed by atoms with Crippen molar-refractivity contribution in [1.82, 2.24) is 0 Å². The van der Waals surface area contributed by atoms with E-state index in [1.54, 1.807) is 32.2 Å². The third-order valence-corrected chi connectivity index (χ3v) is 3.28. The number of carbonyl (C=O) groups excluding carboxylic acids is 2. The van der Waals surface area contributed by atoms with Crippen molar-refractivity contribution < 1.29 is 19.1 Å². The molecule has 0 spiro atoms. The maximum Gasteiger partial charge on any atom is 0.353 e. The van der Waals surface area contributed by atoms with Crippen LogP contribution in [0.2, 0.25) is 0 Å². The largest absolute Gasteiger partial charge is 0.464 e. The van der Waals surface area contributed by atoms with E-state index < -0.39 is 11.9 Å². The number of anilines is 1. The fourth-order valence-corrected chi connectivity index (χ4v) is 2.22. The van der Waals surface area contributed by atoms with Gasteiger partial charge in [0.05, 0.1) is 18.4 Å². The lowest BCUT2D eigenvalue weighted by Gasteiger charge is -2.16. The molecular formula is C15H17BrN2O4. The van der Waals surface area contributed by atoms with Crippen LogP contribution in [-0.2, 0) is 14.3 Å². The second-order valence-corrected chi connectivity index (χ2v) is 5.11. The number of halogens is 1. The lowest BCUT2D eigenvalue weighted by Crippen LogP contribution is -2.19. The molecule has 1 rings (SSSR count). The quantitative estimate of drug-likeness (QED) is 0.334. The zero-order valence-electron chi connectivity index (χ0n) is 12.6. The number of hydrogen-bond acceptors (Lipinski definition) is 6. The summed E-state index contributed by atoms with van der Waals surface area (Å²) in [6.07, 6.45) is 1.50. The van der Waals surface area contributed by atoms with E-state index in [1.807, 2.05) is 0 Å². The van der Waals surface area contributed by atoms with E-state index in [4.69, 9.17) is 4.74 Å². The fraction of sp³-hybridized carbons (Fsp3) is 0.267. The Bertz CT molecular complexity index is 614. The van der Waals surface area contributed by atoms with Gasteiger partial charge in [-0.3, -0.25) is 5.01 Å². The molecule has 0 amide bonds. The Balaban J connectivity index is 2.96. The molecule has 0 aliphatic heterocycles. The standard InChI is InChI=1S/C15H17BrN2O4/c1-5-8-22-15(20)11-6-7-13(12(16)9-11)18(3)17-10(2)14(19)21-4/h5-7,9H,1,8H2,2-4H3/b17-10+. The average Bonchev–Trinajstić information content (AvgIpc) is 2.51. The predicted molar refractivity (Wildman–Crippen MR) is 88.1 cm³/mol. The Hall–Kier alpha value is -2.15. The summed E-state index contributed by atoms with van der Waals surface area (Å²) in [4.78, 5) is 23.1. The highest BCUT2D eigenvalue weighted by atomic mass is 79.9. The Labute approximate surface area is 137 Å². The highest BCUT2D eigenvalue weighted by molar-refractivity contribution is 9.10. The minimum atomic E-state index is -0.507. The number of hydrogen-bond donors (Lipinski definition) is 0. The SMILES string of the molecule is C=CCOC(=O)c1ccc(N(C)/N=C(\C)C(=O)OC)c(Br)c1. The molecule has 0 fully saturated rings. The van der Waals surface area contributed by atoms with E-state index in [1.165, 1.54) is 18.2 Å². The smallest absolute Gasteiger partial charge is 0.353 e. The Morgan fingerprint density at radius 2 is 2.14 bits per heavy atom. The van der Waals surface area contributed by atoms with Crippen LogP contribution >= 0.6 is 15.9 Å². The van der Waals surface area contributed by atoms with E-state index in [9.17, 15) is 9.59 Å². The van der Waals surface area contributed by atoms with Crippen molar-refractivity contribution in [3.05, 3.63) is 40.9 Å². The summed E-state index contributed by atoms with van der Waals surface area (Å²) >= 11 is 3.37. The summed E-state index contributed by atoms with van der Waals surface area (Å²) in [5.41, 5.74) is 1.30. The summed E-state index contributed by atoms with van der Waals surface area (Å²) < 4.78 is 10.2. The molecule has 0 unspecified atom stereocenters. The van der Waals surface area contributed by atoms with Crippen LogP contribution < -0.4 is 5.01 Å². The third kappa shape index (κ3) is 4.70. The highest BCUT2D eigenvalue weighted by Crippen LogP contribution is 2.27. The highest BCUT2D eigenvalue weighted by Gasteiger charge is 2.13. The Morgan fingerprint density at radius 3 is 2.68 bits per heavy atom. The third-order valence-electron chi connectivity index (χ3n) is 2.65. The molecule has 0 aromatic heterocycles. The molecule has 0 heterocycles. The van der Waals surface area contributed by atoms with Crippen molar-refractivity contribution in [3.63, 3.8) is 0 Å². The molecule has 0 bridgehead atoms. The molecule has 0 N–H and O–H groups in total. The number of benzene rings is 1. The summed E-state index contributed by atoms with van der Waals surface area (Å²) in [6.45, 7) is 5.19. The van der Waals surface area contributed by atoms with Crippen LogP contribution in [-0.4, -0.2) is 38.4 Å². The second kappa shape index (κ2) is 8.33. The molecule has 7 heteroatoms. The van der Waals surface area contributed by atoms with Gasteiger partial charge >= 0.3 is 11.9 Å². The van der Waals surface area contributed by atoms with Crippen LogP contribution in [0, 0.1) is 0 Å². The molecule has 1 aromatic carbocycles. The van der Waals surface area contributed by atoms with Crippen LogP contribution in [0.25, 0.3) is 0 Å². The van der Waals surface area contributed by atoms with Crippen LogP contribution in [0.3, 0.4) is 0 Å². The van der Waals surface area contributed by atoms with E-state index in [0.29, 0.717) is 15.7 Å². The zero-order chi connectivity index (χ0) is 16.7. The van der Waals surface area contributed by atoms with Crippen LogP contribution in [0.4, 0.5) is 5.69 Å². The van der Waals surface area contributed by atoms with Gasteiger partial charge in [-0.25, -0.2) is 9.59 Å². The maximum atomic E-state index is 11.7. The lowest BCUT2D eigenvalue weighted by atomic mass is 10.2. The van der Waals surface area contributed by atoms with Gasteiger partial charge in [-0.05, 0) is 41.1 Å². The molecule has 6 nitrogen and oxygen atoms in total. The molecule has 22 heavy (non-hydrogen) atoms. The molecule has 0 aliphatic carbocycles. The maximum absolute atomic E-state index is 11.7. The number of rotatable bonds is 6. The van der Waals surface area contributed by atoms with Crippen molar-refractivity contribution in [2.45, 2.75) is 6.92 Å². The zero-order valence-corrected chi connectivity index (χ0v) is 14.2. The van der Waals surface area contributed by atoms with Gasteiger partial charge in [-0.2, -0.15) is 5.10 Å². The van der Waals surface area contributed by atoms with Crippen molar-refractivity contribution >= 4 is 39.3 Å². The second-order valence-electron chi connectivity index (χ2n) is 4.25. The molecule has 0 saturated carbocycles. The van der Waals surface area contributed by atoms with Gasteiger partial charge in [0.15, 0.2) is 0 Å². The first-order chi connectivity index (χ1) is 10.4. The molecular weight excluding hydrogens is 352 g/mol. The number of ether oxygens (including phenoxy) is 2. The van der Waals surface area contributed by atoms with Crippen LogP contribution in [0.15, 0.2) is 40.4 Å². The summed E-state index contributed by atoms with van der Waals surface area (Å²) in [7, 11) is 2.98. The molecule has 0 atom stereocenters. The lowest BCUT2D eigenvalue weighted by molar-refractivity contribution is -0.132. The van der Waals surface area contributed by atoms with E-state index in [-0.39, 0.29) is 12.3 Å².